The van der Waals surface area contributed by atoms with Crippen molar-refractivity contribution < 1.29 is 4.52 Å². The quantitative estimate of drug-likeness (QED) is 0.587. The SMILES string of the molecule is CCP(CC)(CC)(CC)OC. The fraction of sp³-hybridized carbons (Fsp3) is 1.00. The van der Waals surface area contributed by atoms with Crippen LogP contribution in [0, 0.1) is 0 Å². The van der Waals surface area contributed by atoms with Gasteiger partial charge in [0.2, 0.25) is 0 Å². The summed E-state index contributed by atoms with van der Waals surface area (Å²) in [5.41, 5.74) is 0. The molecule has 0 saturated carbocycles. The summed E-state index contributed by atoms with van der Waals surface area (Å²) >= 11 is 0. The van der Waals surface area contributed by atoms with Crippen LogP contribution in [0.1, 0.15) is 27.7 Å². The van der Waals surface area contributed by atoms with Crippen LogP contribution in [0.15, 0.2) is 0 Å². The molecule has 0 aromatic rings. The Hall–Kier alpha value is 0.390. The van der Waals surface area contributed by atoms with E-state index in [1.807, 2.05) is 7.11 Å². The van der Waals surface area contributed by atoms with E-state index in [0.717, 1.165) is 0 Å². The molecule has 1 nitrogen and oxygen atoms in total. The molecule has 0 heterocycles. The first-order valence-corrected chi connectivity index (χ1v) is 7.58. The summed E-state index contributed by atoms with van der Waals surface area (Å²) in [6, 6.07) is 0. The van der Waals surface area contributed by atoms with Gasteiger partial charge in [-0.25, -0.2) is 0 Å². The van der Waals surface area contributed by atoms with Crippen molar-refractivity contribution in [3.63, 3.8) is 0 Å². The third kappa shape index (κ3) is 1.76. The first-order chi connectivity index (χ1) is 5.12. The van der Waals surface area contributed by atoms with Crippen LogP contribution in [0.2, 0.25) is 0 Å². The van der Waals surface area contributed by atoms with Crippen molar-refractivity contribution >= 4 is 6.83 Å². The molecular weight excluding hydrogens is 155 g/mol. The molecule has 0 saturated heterocycles. The second-order valence-corrected chi connectivity index (χ2v) is 9.92. The van der Waals surface area contributed by atoms with E-state index in [-0.39, 0.29) is 0 Å². The van der Waals surface area contributed by atoms with E-state index in [4.69, 9.17) is 4.52 Å². The molecule has 0 N–H and O–H groups in total. The third-order valence-corrected chi connectivity index (χ3v) is 11.1. The second-order valence-electron chi connectivity index (χ2n) is 3.31. The zero-order valence-corrected chi connectivity index (χ0v) is 9.58. The molecule has 0 aromatic heterocycles. The van der Waals surface area contributed by atoms with Gasteiger partial charge in [0, 0.05) is 0 Å². The summed E-state index contributed by atoms with van der Waals surface area (Å²) in [6.45, 7) is 7.42. The van der Waals surface area contributed by atoms with Crippen LogP contribution in [-0.2, 0) is 4.52 Å². The van der Waals surface area contributed by atoms with Gasteiger partial charge >= 0.3 is 70.8 Å². The van der Waals surface area contributed by atoms with Gasteiger partial charge in [-0.15, -0.1) is 0 Å². The van der Waals surface area contributed by atoms with Gasteiger partial charge in [0.1, 0.15) is 0 Å². The Kier molecular flexibility index (Phi) is 4.00. The Balaban J connectivity index is 4.67. The van der Waals surface area contributed by atoms with E-state index in [1.165, 1.54) is 24.6 Å². The molecule has 0 atom stereocenters. The zero-order valence-electron chi connectivity index (χ0n) is 8.68. The van der Waals surface area contributed by atoms with Gasteiger partial charge in [0.25, 0.3) is 0 Å². The maximum atomic E-state index is 5.85. The zero-order chi connectivity index (χ0) is 8.98. The van der Waals surface area contributed by atoms with Crippen molar-refractivity contribution in [2.24, 2.45) is 0 Å². The van der Waals surface area contributed by atoms with Crippen LogP contribution >= 0.6 is 6.83 Å². The molecule has 70 valence electrons. The van der Waals surface area contributed by atoms with Crippen molar-refractivity contribution in [2.45, 2.75) is 27.7 Å². The molecule has 0 aliphatic heterocycles. The summed E-state index contributed by atoms with van der Waals surface area (Å²) in [5.74, 6) is 0. The van der Waals surface area contributed by atoms with E-state index in [1.54, 1.807) is 0 Å². The van der Waals surface area contributed by atoms with Crippen LogP contribution < -0.4 is 0 Å². The van der Waals surface area contributed by atoms with E-state index < -0.39 is 6.83 Å². The number of hydrogen-bond donors (Lipinski definition) is 0. The van der Waals surface area contributed by atoms with E-state index >= 15 is 0 Å². The summed E-state index contributed by atoms with van der Waals surface area (Å²) in [4.78, 5) is 0. The van der Waals surface area contributed by atoms with Crippen LogP contribution in [0.3, 0.4) is 0 Å². The van der Waals surface area contributed by atoms with Gasteiger partial charge in [-0.1, -0.05) is 0 Å². The molecule has 0 fully saturated rings. The Morgan fingerprint density at radius 2 is 1.09 bits per heavy atom. The third-order valence-electron chi connectivity index (χ3n) is 3.72. The number of hydrogen-bond acceptors (Lipinski definition) is 1. The van der Waals surface area contributed by atoms with Crippen molar-refractivity contribution in [3.8, 4) is 0 Å². The van der Waals surface area contributed by atoms with E-state index in [0.29, 0.717) is 0 Å². The Morgan fingerprint density at radius 3 is 1.09 bits per heavy atom. The van der Waals surface area contributed by atoms with E-state index in [2.05, 4.69) is 27.7 Å². The molecule has 0 amide bonds. The van der Waals surface area contributed by atoms with Gasteiger partial charge in [-0.2, -0.15) is 0 Å². The Morgan fingerprint density at radius 1 is 0.818 bits per heavy atom. The van der Waals surface area contributed by atoms with Gasteiger partial charge in [0.05, 0.1) is 0 Å². The van der Waals surface area contributed by atoms with Gasteiger partial charge in [0.15, 0.2) is 0 Å². The summed E-state index contributed by atoms with van der Waals surface area (Å²) in [7, 11) is 1.90. The predicted molar refractivity (Wildman–Crippen MR) is 56.1 cm³/mol. The molecule has 0 aliphatic rings. The van der Waals surface area contributed by atoms with Crippen LogP contribution in [0.4, 0.5) is 0 Å². The van der Waals surface area contributed by atoms with E-state index in [9.17, 15) is 0 Å². The molecule has 0 aliphatic carbocycles. The fourth-order valence-corrected chi connectivity index (χ4v) is 5.57. The summed E-state index contributed by atoms with van der Waals surface area (Å²) in [6.07, 6.45) is 4.97. The maximum absolute atomic E-state index is 5.85. The Labute approximate surface area is 71.5 Å². The molecule has 2 heteroatoms. The molecule has 0 rings (SSSR count). The van der Waals surface area contributed by atoms with Gasteiger partial charge in [-0.05, 0) is 0 Å². The molecule has 0 aromatic carbocycles. The number of rotatable bonds is 5. The second kappa shape index (κ2) is 3.87. The first kappa shape index (κ1) is 11.4. The summed E-state index contributed by atoms with van der Waals surface area (Å²) in [5, 5.41) is 0. The summed E-state index contributed by atoms with van der Waals surface area (Å²) < 4.78 is 5.85. The molecule has 0 unspecified atom stereocenters. The van der Waals surface area contributed by atoms with Crippen molar-refractivity contribution in [1.29, 1.82) is 0 Å². The average molecular weight is 178 g/mol. The Bertz CT molecular complexity index is 81.9. The molecule has 0 radical (unpaired) electrons. The predicted octanol–water partition coefficient (Wildman–Crippen LogP) is 3.18. The van der Waals surface area contributed by atoms with Crippen molar-refractivity contribution in [2.75, 3.05) is 31.8 Å². The van der Waals surface area contributed by atoms with Crippen LogP contribution in [0.25, 0.3) is 0 Å². The van der Waals surface area contributed by atoms with Crippen LogP contribution in [0.5, 0.6) is 0 Å². The molecule has 0 bridgehead atoms. The topological polar surface area (TPSA) is 9.23 Å². The first-order valence-electron chi connectivity index (χ1n) is 4.68. The van der Waals surface area contributed by atoms with Crippen LogP contribution in [-0.4, -0.2) is 31.8 Å². The van der Waals surface area contributed by atoms with Gasteiger partial charge < -0.3 is 0 Å². The molecular formula is C9H23OP. The standard InChI is InChI=1S/C9H23OP/c1-6-11(7-2,8-3,9-4)10-5/h6-9H2,1-5H3. The minimum absolute atomic E-state index is 1.24. The monoisotopic (exact) mass is 178 g/mol. The molecule has 11 heavy (non-hydrogen) atoms. The molecule has 0 spiro atoms. The average Bonchev–Trinajstić information content (AvgIpc) is 2.12. The fourth-order valence-electron chi connectivity index (χ4n) is 1.86. The van der Waals surface area contributed by atoms with Crippen molar-refractivity contribution in [1.82, 2.24) is 0 Å². The van der Waals surface area contributed by atoms with Crippen molar-refractivity contribution in [3.05, 3.63) is 0 Å². The minimum atomic E-state index is -1.68. The van der Waals surface area contributed by atoms with Gasteiger partial charge in [-0.3, -0.25) is 0 Å². The normalized spacial score (nSPS) is 15.9.